The number of phenolic OH excluding ortho intramolecular Hbond substituents is 1. The molecule has 0 unspecified atom stereocenters. The molecule has 2 N–H and O–H groups in total. The van der Waals surface area contributed by atoms with Gasteiger partial charge in [-0.2, -0.15) is 0 Å². The van der Waals surface area contributed by atoms with Gasteiger partial charge in [0.2, 0.25) is 5.91 Å². The van der Waals surface area contributed by atoms with Gasteiger partial charge in [0.05, 0.1) is 7.11 Å². The smallest absolute Gasteiger partial charge is 0.410 e. The van der Waals surface area contributed by atoms with Crippen LogP contribution in [0.2, 0.25) is 0 Å². The standard InChI is InChI=1S/C22H32N2O5/c1-15-4-3-5-18(12-15)29-22(27)24-10-8-17(9-11-24)21(26)23-14-16-6-7-19(25)20(13-16)28-2/h6-7,13,15,17-18,25H,3-5,8-12,14H2,1-2H3,(H,23,26)/t15-,18-/m1/s1. The minimum atomic E-state index is -0.237. The van der Waals surface area contributed by atoms with Crippen molar-refractivity contribution in [2.24, 2.45) is 11.8 Å². The maximum Gasteiger partial charge on any atom is 0.410 e. The van der Waals surface area contributed by atoms with Crippen LogP contribution < -0.4 is 10.1 Å². The number of nitrogens with one attached hydrogen (secondary N) is 1. The summed E-state index contributed by atoms with van der Waals surface area (Å²) in [6, 6.07) is 5.01. The zero-order valence-corrected chi connectivity index (χ0v) is 17.4. The maximum absolute atomic E-state index is 12.5. The van der Waals surface area contributed by atoms with Crippen LogP contribution in [-0.4, -0.2) is 48.3 Å². The van der Waals surface area contributed by atoms with Crippen molar-refractivity contribution < 1.29 is 24.2 Å². The van der Waals surface area contributed by atoms with E-state index >= 15 is 0 Å². The lowest BCUT2D eigenvalue weighted by molar-refractivity contribution is -0.126. The van der Waals surface area contributed by atoms with Gasteiger partial charge < -0.3 is 24.8 Å². The van der Waals surface area contributed by atoms with Crippen LogP contribution >= 0.6 is 0 Å². The van der Waals surface area contributed by atoms with Gasteiger partial charge in [0, 0.05) is 25.6 Å². The summed E-state index contributed by atoms with van der Waals surface area (Å²) in [5.41, 5.74) is 0.857. The van der Waals surface area contributed by atoms with Gasteiger partial charge in [0.15, 0.2) is 11.5 Å². The van der Waals surface area contributed by atoms with Crippen LogP contribution in [0.5, 0.6) is 11.5 Å². The number of carbonyl (C=O) groups is 2. The highest BCUT2D eigenvalue weighted by Gasteiger charge is 2.30. The molecule has 0 spiro atoms. The molecule has 0 bridgehead atoms. The number of piperidine rings is 1. The molecule has 1 aliphatic carbocycles. The van der Waals surface area contributed by atoms with Crippen LogP contribution in [-0.2, 0) is 16.1 Å². The number of phenols is 1. The summed E-state index contributed by atoms with van der Waals surface area (Å²) in [7, 11) is 1.49. The number of nitrogens with zero attached hydrogens (tertiary/aromatic N) is 1. The molecule has 1 heterocycles. The van der Waals surface area contributed by atoms with Crippen molar-refractivity contribution in [3.05, 3.63) is 23.8 Å². The Kier molecular flexibility index (Phi) is 7.23. The minimum Gasteiger partial charge on any atom is -0.504 e. The Morgan fingerprint density at radius 2 is 1.97 bits per heavy atom. The highest BCUT2D eigenvalue weighted by Crippen LogP contribution is 2.28. The summed E-state index contributed by atoms with van der Waals surface area (Å²) in [6.45, 7) is 3.67. The van der Waals surface area contributed by atoms with Crippen molar-refractivity contribution in [2.45, 2.75) is 58.1 Å². The SMILES string of the molecule is COc1cc(CNC(=O)C2CCN(C(=O)O[C@@H]3CCC[C@@H](C)C3)CC2)ccc1O. The summed E-state index contributed by atoms with van der Waals surface area (Å²) in [4.78, 5) is 26.6. The summed E-state index contributed by atoms with van der Waals surface area (Å²) >= 11 is 0. The van der Waals surface area contributed by atoms with Gasteiger partial charge in [-0.15, -0.1) is 0 Å². The molecule has 2 amide bonds. The van der Waals surface area contributed by atoms with E-state index in [2.05, 4.69) is 12.2 Å². The Labute approximate surface area is 172 Å². The third kappa shape index (κ3) is 5.78. The quantitative estimate of drug-likeness (QED) is 0.785. The normalized spacial score (nSPS) is 22.8. The van der Waals surface area contributed by atoms with Crippen LogP contribution in [0.4, 0.5) is 4.79 Å². The van der Waals surface area contributed by atoms with Crippen LogP contribution in [0, 0.1) is 11.8 Å². The fourth-order valence-corrected chi connectivity index (χ4v) is 4.19. The van der Waals surface area contributed by atoms with Crippen molar-refractivity contribution in [1.29, 1.82) is 0 Å². The van der Waals surface area contributed by atoms with Gasteiger partial charge in [-0.3, -0.25) is 4.79 Å². The number of ether oxygens (including phenoxy) is 2. The monoisotopic (exact) mass is 404 g/mol. The molecule has 3 rings (SSSR count). The predicted molar refractivity (Wildman–Crippen MR) is 109 cm³/mol. The second kappa shape index (κ2) is 9.85. The molecule has 1 aromatic carbocycles. The molecule has 0 radical (unpaired) electrons. The Bertz CT molecular complexity index is 715. The lowest BCUT2D eigenvalue weighted by Gasteiger charge is -2.33. The molecule has 7 heteroatoms. The van der Waals surface area contributed by atoms with E-state index in [9.17, 15) is 14.7 Å². The van der Waals surface area contributed by atoms with Crippen molar-refractivity contribution in [2.75, 3.05) is 20.2 Å². The van der Waals surface area contributed by atoms with Gasteiger partial charge in [0.1, 0.15) is 6.10 Å². The largest absolute Gasteiger partial charge is 0.504 e. The van der Waals surface area contributed by atoms with E-state index in [1.54, 1.807) is 23.1 Å². The van der Waals surface area contributed by atoms with Gasteiger partial charge >= 0.3 is 6.09 Å². The van der Waals surface area contributed by atoms with Crippen LogP contribution in [0.3, 0.4) is 0 Å². The zero-order chi connectivity index (χ0) is 20.8. The predicted octanol–water partition coefficient (Wildman–Crippen LogP) is 3.44. The molecule has 1 aromatic rings. The number of hydrogen-bond donors (Lipinski definition) is 2. The lowest BCUT2D eigenvalue weighted by atomic mass is 9.89. The first-order chi connectivity index (χ1) is 14.0. The second-order valence-corrected chi connectivity index (χ2v) is 8.26. The van der Waals surface area contributed by atoms with Gasteiger partial charge in [-0.05, 0) is 55.7 Å². The molecule has 2 fully saturated rings. The second-order valence-electron chi connectivity index (χ2n) is 8.26. The summed E-state index contributed by atoms with van der Waals surface area (Å²) in [5, 5.41) is 12.6. The van der Waals surface area contributed by atoms with E-state index in [-0.39, 0.29) is 29.8 Å². The van der Waals surface area contributed by atoms with Crippen molar-refractivity contribution in [3.63, 3.8) is 0 Å². The first-order valence-corrected chi connectivity index (χ1v) is 10.6. The number of likely N-dealkylation sites (tertiary alicyclic amines) is 1. The van der Waals surface area contributed by atoms with E-state index in [0.717, 1.165) is 24.8 Å². The summed E-state index contributed by atoms with van der Waals surface area (Å²) < 4.78 is 10.8. The number of rotatable bonds is 5. The molecular weight excluding hydrogens is 372 g/mol. The number of hydrogen-bond acceptors (Lipinski definition) is 5. The molecule has 2 aliphatic rings. The Hall–Kier alpha value is -2.44. The molecule has 29 heavy (non-hydrogen) atoms. The fourth-order valence-electron chi connectivity index (χ4n) is 4.19. The van der Waals surface area contributed by atoms with E-state index in [1.165, 1.54) is 13.5 Å². The molecule has 1 aliphatic heterocycles. The summed E-state index contributed by atoms with van der Waals surface area (Å²) in [5.74, 6) is 0.962. The van der Waals surface area contributed by atoms with Crippen LogP contribution in [0.25, 0.3) is 0 Å². The first kappa shape index (κ1) is 21.3. The average molecular weight is 405 g/mol. The Morgan fingerprint density at radius 3 is 2.66 bits per heavy atom. The van der Waals surface area contributed by atoms with E-state index in [1.807, 2.05) is 0 Å². The van der Waals surface area contributed by atoms with Gasteiger partial charge in [0.25, 0.3) is 0 Å². The average Bonchev–Trinajstić information content (AvgIpc) is 2.73. The molecule has 2 atom stereocenters. The Morgan fingerprint density at radius 1 is 1.21 bits per heavy atom. The highest BCUT2D eigenvalue weighted by molar-refractivity contribution is 5.79. The molecule has 1 saturated carbocycles. The Balaban J connectivity index is 1.41. The summed E-state index contributed by atoms with van der Waals surface area (Å²) in [6.07, 6.45) is 5.32. The van der Waals surface area contributed by atoms with Crippen molar-refractivity contribution >= 4 is 12.0 Å². The van der Waals surface area contributed by atoms with Crippen molar-refractivity contribution in [3.8, 4) is 11.5 Å². The number of aromatic hydroxyl groups is 1. The third-order valence-corrected chi connectivity index (χ3v) is 5.99. The number of carbonyl (C=O) groups excluding carboxylic acids is 2. The highest BCUT2D eigenvalue weighted by atomic mass is 16.6. The first-order valence-electron chi connectivity index (χ1n) is 10.6. The topological polar surface area (TPSA) is 88.1 Å². The number of methoxy groups -OCH3 is 1. The number of amides is 2. The zero-order valence-electron chi connectivity index (χ0n) is 17.4. The molecule has 160 valence electrons. The van der Waals surface area contributed by atoms with Gasteiger partial charge in [-0.1, -0.05) is 19.4 Å². The van der Waals surface area contributed by atoms with Crippen molar-refractivity contribution in [1.82, 2.24) is 10.2 Å². The minimum absolute atomic E-state index is 0.00818. The maximum atomic E-state index is 12.5. The van der Waals surface area contributed by atoms with Crippen LogP contribution in [0.1, 0.15) is 51.0 Å². The lowest BCUT2D eigenvalue weighted by Crippen LogP contribution is -2.44. The van der Waals surface area contributed by atoms with E-state index in [0.29, 0.717) is 44.1 Å². The fraction of sp³-hybridized carbons (Fsp3) is 0.636. The molecular formula is C22H32N2O5. The van der Waals surface area contributed by atoms with E-state index in [4.69, 9.17) is 9.47 Å². The molecule has 0 aromatic heterocycles. The van der Waals surface area contributed by atoms with Crippen LogP contribution in [0.15, 0.2) is 18.2 Å². The number of benzene rings is 1. The molecule has 1 saturated heterocycles. The van der Waals surface area contributed by atoms with Gasteiger partial charge in [-0.25, -0.2) is 4.79 Å². The third-order valence-electron chi connectivity index (χ3n) is 5.99. The molecule has 7 nitrogen and oxygen atoms in total. The van der Waals surface area contributed by atoms with E-state index < -0.39 is 0 Å².